The first-order valence-electron chi connectivity index (χ1n) is 10.5. The number of amides is 1. The molecule has 2 aromatic rings. The Hall–Kier alpha value is -2.07. The SMILES string of the molecule is CCCCC[C@@](C)(OCCC)C(=O)Nc1ccc(OC(C)C)c2ccccc12. The van der Waals surface area contributed by atoms with Crippen LogP contribution in [0.4, 0.5) is 5.69 Å². The average Bonchev–Trinajstić information content (AvgIpc) is 2.68. The normalized spacial score (nSPS) is 13.5. The van der Waals surface area contributed by atoms with Crippen molar-refractivity contribution in [2.75, 3.05) is 11.9 Å². The smallest absolute Gasteiger partial charge is 0.256 e. The zero-order chi connectivity index (χ0) is 20.6. The monoisotopic (exact) mass is 385 g/mol. The number of hydrogen-bond acceptors (Lipinski definition) is 3. The molecule has 1 N–H and O–H groups in total. The van der Waals surface area contributed by atoms with Gasteiger partial charge >= 0.3 is 0 Å². The summed E-state index contributed by atoms with van der Waals surface area (Å²) in [6.45, 7) is 10.7. The fourth-order valence-electron chi connectivity index (χ4n) is 3.28. The van der Waals surface area contributed by atoms with Crippen LogP contribution in [0.2, 0.25) is 0 Å². The number of benzene rings is 2. The summed E-state index contributed by atoms with van der Waals surface area (Å²) in [7, 11) is 0. The predicted octanol–water partition coefficient (Wildman–Crippen LogP) is 6.33. The summed E-state index contributed by atoms with van der Waals surface area (Å²) in [4.78, 5) is 13.2. The van der Waals surface area contributed by atoms with Gasteiger partial charge < -0.3 is 14.8 Å². The molecule has 28 heavy (non-hydrogen) atoms. The molecule has 2 rings (SSSR count). The molecule has 0 aliphatic heterocycles. The van der Waals surface area contributed by atoms with E-state index in [9.17, 15) is 4.79 Å². The van der Waals surface area contributed by atoms with Crippen molar-refractivity contribution >= 4 is 22.4 Å². The molecule has 0 spiro atoms. The highest BCUT2D eigenvalue weighted by molar-refractivity contribution is 6.06. The van der Waals surface area contributed by atoms with Gasteiger partial charge in [0.2, 0.25) is 0 Å². The number of hydrogen-bond donors (Lipinski definition) is 1. The van der Waals surface area contributed by atoms with Gasteiger partial charge in [0, 0.05) is 23.1 Å². The fourth-order valence-corrected chi connectivity index (χ4v) is 3.28. The van der Waals surface area contributed by atoms with E-state index in [4.69, 9.17) is 9.47 Å². The lowest BCUT2D eigenvalue weighted by Crippen LogP contribution is -2.43. The minimum atomic E-state index is -0.820. The van der Waals surface area contributed by atoms with Gasteiger partial charge in [-0.15, -0.1) is 0 Å². The number of rotatable bonds is 11. The molecule has 2 aromatic carbocycles. The van der Waals surface area contributed by atoms with Crippen LogP contribution in [-0.2, 0) is 9.53 Å². The van der Waals surface area contributed by atoms with E-state index in [1.165, 1.54) is 0 Å². The zero-order valence-electron chi connectivity index (χ0n) is 18.0. The van der Waals surface area contributed by atoms with E-state index < -0.39 is 5.60 Å². The van der Waals surface area contributed by atoms with Crippen molar-refractivity contribution in [1.82, 2.24) is 0 Å². The van der Waals surface area contributed by atoms with Crippen LogP contribution in [0, 0.1) is 0 Å². The van der Waals surface area contributed by atoms with Gasteiger partial charge in [-0.2, -0.15) is 0 Å². The van der Waals surface area contributed by atoms with E-state index in [1.54, 1.807) is 0 Å². The summed E-state index contributed by atoms with van der Waals surface area (Å²) < 4.78 is 11.9. The molecule has 0 aliphatic rings. The predicted molar refractivity (Wildman–Crippen MR) is 117 cm³/mol. The van der Waals surface area contributed by atoms with Crippen molar-refractivity contribution < 1.29 is 14.3 Å². The van der Waals surface area contributed by atoms with E-state index in [1.807, 2.05) is 57.2 Å². The summed E-state index contributed by atoms with van der Waals surface area (Å²) in [5.41, 5.74) is -0.0298. The first-order valence-corrected chi connectivity index (χ1v) is 10.5. The average molecular weight is 386 g/mol. The lowest BCUT2D eigenvalue weighted by molar-refractivity contribution is -0.140. The topological polar surface area (TPSA) is 47.6 Å². The maximum atomic E-state index is 13.2. The maximum absolute atomic E-state index is 13.2. The molecule has 0 saturated carbocycles. The van der Waals surface area contributed by atoms with Crippen LogP contribution in [0.1, 0.15) is 66.7 Å². The molecule has 4 heteroatoms. The highest BCUT2D eigenvalue weighted by atomic mass is 16.5. The van der Waals surface area contributed by atoms with Gasteiger partial charge in [0.15, 0.2) is 0 Å². The third-order valence-corrected chi connectivity index (χ3v) is 4.86. The molecule has 0 heterocycles. The Labute approximate surface area is 169 Å². The van der Waals surface area contributed by atoms with E-state index in [-0.39, 0.29) is 12.0 Å². The van der Waals surface area contributed by atoms with Crippen LogP contribution in [0.25, 0.3) is 10.8 Å². The highest BCUT2D eigenvalue weighted by Gasteiger charge is 2.34. The van der Waals surface area contributed by atoms with Gasteiger partial charge in [0.1, 0.15) is 11.4 Å². The minimum Gasteiger partial charge on any atom is -0.490 e. The van der Waals surface area contributed by atoms with Gasteiger partial charge in [-0.3, -0.25) is 4.79 Å². The number of nitrogens with one attached hydrogen (secondary N) is 1. The second kappa shape index (κ2) is 10.5. The molecule has 1 amide bonds. The molecular weight excluding hydrogens is 350 g/mol. The van der Waals surface area contributed by atoms with E-state index in [0.29, 0.717) is 6.61 Å². The number of anilines is 1. The van der Waals surface area contributed by atoms with E-state index >= 15 is 0 Å². The van der Waals surface area contributed by atoms with Crippen molar-refractivity contribution in [2.24, 2.45) is 0 Å². The van der Waals surface area contributed by atoms with Crippen molar-refractivity contribution in [3.63, 3.8) is 0 Å². The first-order chi connectivity index (χ1) is 13.4. The third-order valence-electron chi connectivity index (χ3n) is 4.86. The van der Waals surface area contributed by atoms with Crippen LogP contribution < -0.4 is 10.1 Å². The molecule has 0 aliphatic carbocycles. The minimum absolute atomic E-state index is 0.0836. The van der Waals surface area contributed by atoms with Crippen LogP contribution in [0.5, 0.6) is 5.75 Å². The Balaban J connectivity index is 2.29. The van der Waals surface area contributed by atoms with Gasteiger partial charge in [-0.25, -0.2) is 0 Å². The lowest BCUT2D eigenvalue weighted by atomic mass is 9.96. The number of fused-ring (bicyclic) bond motifs is 1. The Bertz CT molecular complexity index is 772. The third kappa shape index (κ3) is 5.71. The standard InChI is InChI=1S/C24H35NO3/c1-6-8-11-16-24(5,27-17-7-2)23(26)25-21-14-15-22(28-18(3)4)20-13-10-9-12-19(20)21/h9-10,12-15,18H,6-8,11,16-17H2,1-5H3,(H,25,26)/t24-/m1/s1. The largest absolute Gasteiger partial charge is 0.490 e. The molecule has 0 radical (unpaired) electrons. The number of ether oxygens (including phenoxy) is 2. The van der Waals surface area contributed by atoms with Gasteiger partial charge in [-0.05, 0) is 45.7 Å². The summed E-state index contributed by atoms with van der Waals surface area (Å²) in [5.74, 6) is 0.747. The summed E-state index contributed by atoms with van der Waals surface area (Å²) in [6, 6.07) is 11.9. The molecule has 0 aromatic heterocycles. The summed E-state index contributed by atoms with van der Waals surface area (Å²) in [5, 5.41) is 5.09. The number of carbonyl (C=O) groups is 1. The molecular formula is C24H35NO3. The van der Waals surface area contributed by atoms with Crippen molar-refractivity contribution in [3.8, 4) is 5.75 Å². The Morgan fingerprint density at radius 3 is 2.39 bits per heavy atom. The Morgan fingerprint density at radius 2 is 1.75 bits per heavy atom. The quantitative estimate of drug-likeness (QED) is 0.460. The van der Waals surface area contributed by atoms with Crippen LogP contribution in [0.3, 0.4) is 0 Å². The maximum Gasteiger partial charge on any atom is 0.256 e. The molecule has 0 fully saturated rings. The Morgan fingerprint density at radius 1 is 1.04 bits per heavy atom. The van der Waals surface area contributed by atoms with Crippen LogP contribution >= 0.6 is 0 Å². The molecule has 154 valence electrons. The summed E-state index contributed by atoms with van der Waals surface area (Å²) in [6.07, 6.45) is 4.90. The molecule has 0 saturated heterocycles. The Kier molecular flexibility index (Phi) is 8.31. The molecule has 4 nitrogen and oxygen atoms in total. The van der Waals surface area contributed by atoms with Gasteiger partial charge in [-0.1, -0.05) is 57.4 Å². The lowest BCUT2D eigenvalue weighted by Gasteiger charge is -2.29. The van der Waals surface area contributed by atoms with Gasteiger partial charge in [0.25, 0.3) is 5.91 Å². The van der Waals surface area contributed by atoms with Crippen molar-refractivity contribution in [3.05, 3.63) is 36.4 Å². The van der Waals surface area contributed by atoms with Crippen molar-refractivity contribution in [2.45, 2.75) is 78.4 Å². The van der Waals surface area contributed by atoms with Crippen LogP contribution in [-0.4, -0.2) is 24.2 Å². The van der Waals surface area contributed by atoms with Crippen molar-refractivity contribution in [1.29, 1.82) is 0 Å². The number of unbranched alkanes of at least 4 members (excludes halogenated alkanes) is 2. The van der Waals surface area contributed by atoms with Gasteiger partial charge in [0.05, 0.1) is 6.10 Å². The second-order valence-corrected chi connectivity index (χ2v) is 7.81. The highest BCUT2D eigenvalue weighted by Crippen LogP contribution is 2.33. The molecule has 0 bridgehead atoms. The second-order valence-electron chi connectivity index (χ2n) is 7.81. The van der Waals surface area contributed by atoms with E-state index in [2.05, 4.69) is 19.2 Å². The zero-order valence-corrected chi connectivity index (χ0v) is 18.0. The summed E-state index contributed by atoms with van der Waals surface area (Å²) >= 11 is 0. The molecule has 1 atom stereocenters. The van der Waals surface area contributed by atoms with E-state index in [0.717, 1.165) is 54.3 Å². The van der Waals surface area contributed by atoms with Crippen LogP contribution in [0.15, 0.2) is 36.4 Å². The number of carbonyl (C=O) groups excluding carboxylic acids is 1. The molecule has 0 unspecified atom stereocenters. The first kappa shape index (κ1) is 22.2. The fraction of sp³-hybridized carbons (Fsp3) is 0.542.